The molecule has 2 aromatic rings. The first kappa shape index (κ1) is 16.1. The van der Waals surface area contributed by atoms with Crippen molar-refractivity contribution < 1.29 is 9.85 Å². The van der Waals surface area contributed by atoms with Crippen molar-refractivity contribution in [2.45, 2.75) is 6.54 Å². The van der Waals surface area contributed by atoms with E-state index in [9.17, 15) is 20.2 Å². The van der Waals surface area contributed by atoms with Crippen molar-refractivity contribution in [3.8, 4) is 0 Å². The first-order valence-electron chi connectivity index (χ1n) is 5.97. The number of nitro groups is 2. The highest BCUT2D eigenvalue weighted by Gasteiger charge is 2.19. The molecule has 0 aliphatic carbocycles. The molecule has 1 N–H and O–H groups in total. The van der Waals surface area contributed by atoms with Crippen LogP contribution in [-0.4, -0.2) is 14.4 Å². The third-order valence-electron chi connectivity index (χ3n) is 3.06. The Bertz CT molecular complexity index is 760. The Hall–Kier alpha value is -2.32. The Morgan fingerprint density at radius 3 is 2.36 bits per heavy atom. The summed E-state index contributed by atoms with van der Waals surface area (Å²) >= 11 is 11.8. The fourth-order valence-corrected chi connectivity index (χ4v) is 2.29. The molecular formula is C12H10Cl2N4O4. The van der Waals surface area contributed by atoms with Crippen LogP contribution >= 0.6 is 23.2 Å². The second-order valence-corrected chi connectivity index (χ2v) is 5.17. The third-order valence-corrected chi connectivity index (χ3v) is 3.91. The maximum absolute atomic E-state index is 11.0. The van der Waals surface area contributed by atoms with Crippen molar-refractivity contribution in [3.05, 3.63) is 60.4 Å². The van der Waals surface area contributed by atoms with E-state index in [0.717, 1.165) is 6.07 Å². The van der Waals surface area contributed by atoms with Gasteiger partial charge in [0.1, 0.15) is 10.8 Å². The monoisotopic (exact) mass is 344 g/mol. The number of hydrogen-bond donors (Lipinski definition) is 1. The van der Waals surface area contributed by atoms with Gasteiger partial charge in [0.15, 0.2) is 0 Å². The molecule has 0 unspecified atom stereocenters. The fraction of sp³-hybridized carbons (Fsp3) is 0.167. The summed E-state index contributed by atoms with van der Waals surface area (Å²) in [6.45, 7) is 0.224. The van der Waals surface area contributed by atoms with Gasteiger partial charge in [-0.1, -0.05) is 23.2 Å². The van der Waals surface area contributed by atoms with Gasteiger partial charge in [-0.25, -0.2) is 0 Å². The molecule has 0 bridgehead atoms. The van der Waals surface area contributed by atoms with Crippen LogP contribution in [0.4, 0.5) is 17.1 Å². The number of nitrogens with one attached hydrogen (secondary N) is 1. The number of halogens is 2. The van der Waals surface area contributed by atoms with Crippen LogP contribution in [0.3, 0.4) is 0 Å². The summed E-state index contributed by atoms with van der Waals surface area (Å²) < 4.78 is 1.63. The van der Waals surface area contributed by atoms with Crippen molar-refractivity contribution in [2.75, 3.05) is 5.32 Å². The Morgan fingerprint density at radius 2 is 1.86 bits per heavy atom. The highest BCUT2D eigenvalue weighted by Crippen LogP contribution is 2.30. The number of rotatable bonds is 5. The zero-order valence-electron chi connectivity index (χ0n) is 11.2. The molecule has 0 aliphatic rings. The van der Waals surface area contributed by atoms with Gasteiger partial charge in [-0.15, -0.1) is 0 Å². The molecule has 1 aromatic carbocycles. The number of nitrogens with zero attached hydrogens (tertiary/aromatic N) is 3. The highest BCUT2D eigenvalue weighted by atomic mass is 35.5. The summed E-state index contributed by atoms with van der Waals surface area (Å²) in [6, 6.07) is 5.03. The molecule has 0 saturated carbocycles. The maximum atomic E-state index is 11.0. The van der Waals surface area contributed by atoms with E-state index in [-0.39, 0.29) is 23.6 Å². The molecule has 10 heteroatoms. The second kappa shape index (κ2) is 6.20. The normalized spacial score (nSPS) is 10.5. The van der Waals surface area contributed by atoms with Gasteiger partial charge in [-0.3, -0.25) is 20.2 Å². The van der Waals surface area contributed by atoms with Crippen molar-refractivity contribution in [1.29, 1.82) is 0 Å². The lowest BCUT2D eigenvalue weighted by Crippen LogP contribution is -2.06. The Balaban J connectivity index is 2.27. The van der Waals surface area contributed by atoms with Gasteiger partial charge in [0.05, 0.1) is 27.5 Å². The standard InChI is InChI=1S/C12H10Cl2N4O4/c1-16-8(4-9(13)12(16)14)6-15-10-3-2-7(17(19)20)5-11(10)18(21)22/h2-5,15H,6H2,1H3. The van der Waals surface area contributed by atoms with Gasteiger partial charge < -0.3 is 9.88 Å². The summed E-state index contributed by atoms with van der Waals surface area (Å²) in [5, 5.41) is 25.3. The van der Waals surface area contributed by atoms with E-state index in [1.807, 2.05) is 0 Å². The van der Waals surface area contributed by atoms with Crippen LogP contribution in [-0.2, 0) is 13.6 Å². The van der Waals surface area contributed by atoms with Gasteiger partial charge in [0.2, 0.25) is 0 Å². The predicted octanol–water partition coefficient (Wildman–Crippen LogP) is 3.76. The molecule has 0 aliphatic heterocycles. The van der Waals surface area contributed by atoms with Crippen LogP contribution in [0.15, 0.2) is 24.3 Å². The van der Waals surface area contributed by atoms with Crippen LogP contribution in [0.25, 0.3) is 0 Å². The molecule has 116 valence electrons. The van der Waals surface area contributed by atoms with Crippen LogP contribution in [0.5, 0.6) is 0 Å². The average Bonchev–Trinajstić information content (AvgIpc) is 2.72. The number of hydrogen-bond acceptors (Lipinski definition) is 5. The fourth-order valence-electron chi connectivity index (χ4n) is 1.88. The molecule has 0 fully saturated rings. The predicted molar refractivity (Wildman–Crippen MR) is 82.5 cm³/mol. The van der Waals surface area contributed by atoms with Gasteiger partial charge in [-0.2, -0.15) is 0 Å². The smallest absolute Gasteiger partial charge is 0.299 e. The quantitative estimate of drug-likeness (QED) is 0.656. The second-order valence-electron chi connectivity index (χ2n) is 4.40. The number of non-ortho nitro benzene ring substituents is 1. The number of benzene rings is 1. The van der Waals surface area contributed by atoms with Crippen LogP contribution in [0.2, 0.25) is 10.2 Å². The Morgan fingerprint density at radius 1 is 1.18 bits per heavy atom. The lowest BCUT2D eigenvalue weighted by molar-refractivity contribution is -0.393. The van der Waals surface area contributed by atoms with E-state index < -0.39 is 9.85 Å². The number of nitro benzene ring substituents is 2. The molecular weight excluding hydrogens is 335 g/mol. The molecule has 0 amide bonds. The molecule has 0 spiro atoms. The molecule has 0 radical (unpaired) electrons. The van der Waals surface area contributed by atoms with Gasteiger partial charge in [0.25, 0.3) is 11.4 Å². The minimum Gasteiger partial charge on any atom is -0.374 e. The molecule has 1 aromatic heterocycles. The van der Waals surface area contributed by atoms with Crippen molar-refractivity contribution in [3.63, 3.8) is 0 Å². The van der Waals surface area contributed by atoms with Gasteiger partial charge >= 0.3 is 0 Å². The molecule has 0 atom stereocenters. The summed E-state index contributed by atoms with van der Waals surface area (Å²) in [5.74, 6) is 0. The van der Waals surface area contributed by atoms with E-state index in [1.54, 1.807) is 17.7 Å². The first-order valence-corrected chi connectivity index (χ1v) is 6.73. The summed E-state index contributed by atoms with van der Waals surface area (Å²) in [7, 11) is 1.70. The van der Waals surface area contributed by atoms with Crippen molar-refractivity contribution in [2.24, 2.45) is 7.05 Å². The molecule has 8 nitrogen and oxygen atoms in total. The van der Waals surface area contributed by atoms with E-state index in [0.29, 0.717) is 15.9 Å². The minimum absolute atomic E-state index is 0.170. The van der Waals surface area contributed by atoms with Crippen molar-refractivity contribution >= 4 is 40.3 Å². The maximum Gasteiger partial charge on any atom is 0.299 e. The topological polar surface area (TPSA) is 103 Å². The number of aromatic nitrogens is 1. The van der Waals surface area contributed by atoms with Gasteiger partial charge in [0, 0.05) is 18.8 Å². The van der Waals surface area contributed by atoms with E-state index >= 15 is 0 Å². The lowest BCUT2D eigenvalue weighted by Gasteiger charge is -2.08. The van der Waals surface area contributed by atoms with E-state index in [4.69, 9.17) is 23.2 Å². The minimum atomic E-state index is -0.687. The Labute approximate surface area is 134 Å². The third kappa shape index (κ3) is 3.12. The van der Waals surface area contributed by atoms with Crippen LogP contribution in [0.1, 0.15) is 5.69 Å². The number of anilines is 1. The average molecular weight is 345 g/mol. The summed E-state index contributed by atoms with van der Waals surface area (Å²) in [6.07, 6.45) is 0. The zero-order chi connectivity index (χ0) is 16.4. The van der Waals surface area contributed by atoms with Crippen LogP contribution in [0, 0.1) is 20.2 Å². The highest BCUT2D eigenvalue weighted by molar-refractivity contribution is 6.41. The molecule has 1 heterocycles. The summed E-state index contributed by atoms with van der Waals surface area (Å²) in [5.41, 5.74) is 0.162. The molecule has 0 saturated heterocycles. The molecule has 22 heavy (non-hydrogen) atoms. The Kier molecular flexibility index (Phi) is 4.53. The SMILES string of the molecule is Cn1c(CNc2ccc([N+](=O)[O-])cc2[N+](=O)[O-])cc(Cl)c1Cl. The molecule has 2 rings (SSSR count). The van der Waals surface area contributed by atoms with Gasteiger partial charge in [-0.05, 0) is 12.1 Å². The first-order chi connectivity index (χ1) is 10.3. The summed E-state index contributed by atoms with van der Waals surface area (Å²) in [4.78, 5) is 20.3. The zero-order valence-corrected chi connectivity index (χ0v) is 12.8. The van der Waals surface area contributed by atoms with E-state index in [2.05, 4.69) is 5.32 Å². The van der Waals surface area contributed by atoms with E-state index in [1.165, 1.54) is 12.1 Å². The van der Waals surface area contributed by atoms with Crippen LogP contribution < -0.4 is 5.32 Å². The lowest BCUT2D eigenvalue weighted by atomic mass is 10.2. The van der Waals surface area contributed by atoms with Crippen molar-refractivity contribution in [1.82, 2.24) is 4.57 Å². The largest absolute Gasteiger partial charge is 0.374 e.